The van der Waals surface area contributed by atoms with E-state index in [1.807, 2.05) is 50.5 Å². The topological polar surface area (TPSA) is 116 Å². The average Bonchev–Trinajstić information content (AvgIpc) is 3.20. The molecule has 1 aliphatic carbocycles. The van der Waals surface area contributed by atoms with Gasteiger partial charge in [0, 0.05) is 70.3 Å². The molecule has 0 atom stereocenters. The molecular formula is C42H64N2O11. The lowest BCUT2D eigenvalue weighted by Gasteiger charge is -2.21. The zero-order chi connectivity index (χ0) is 39.2. The van der Waals surface area contributed by atoms with Crippen molar-refractivity contribution >= 4 is 29.3 Å². The molecular weight excluding hydrogens is 708 g/mol. The number of carbonyl (C=O) groups is 1. The number of hydrogen-bond acceptors (Lipinski definition) is 13. The van der Waals surface area contributed by atoms with Gasteiger partial charge in [-0.2, -0.15) is 0 Å². The summed E-state index contributed by atoms with van der Waals surface area (Å²) in [5.41, 5.74) is 5.87. The molecule has 0 N–H and O–H groups in total. The number of anilines is 2. The molecule has 2 aromatic rings. The van der Waals surface area contributed by atoms with Crippen molar-refractivity contribution in [1.29, 1.82) is 0 Å². The van der Waals surface area contributed by atoms with Crippen molar-refractivity contribution in [3.05, 3.63) is 70.8 Å². The van der Waals surface area contributed by atoms with Gasteiger partial charge in [0.05, 0.1) is 119 Å². The molecule has 1 fully saturated rings. The molecule has 0 unspecified atom stereocenters. The second-order valence-corrected chi connectivity index (χ2v) is 12.8. The van der Waals surface area contributed by atoms with Gasteiger partial charge < -0.3 is 57.2 Å². The Hall–Kier alpha value is -3.21. The van der Waals surface area contributed by atoms with Gasteiger partial charge in [0.2, 0.25) is 0 Å². The fraction of sp³-hybridized carbons (Fsp3) is 0.595. The number of allylic oxidation sites excluding steroid dienone is 2. The molecule has 0 saturated heterocycles. The molecule has 0 bridgehead atoms. The lowest BCUT2D eigenvalue weighted by molar-refractivity contribution is -0.114. The van der Waals surface area contributed by atoms with E-state index in [4.69, 9.17) is 47.4 Å². The molecule has 13 heteroatoms. The monoisotopic (exact) mass is 772 g/mol. The SMILES string of the molecule is COCCOCCOCCOCCOCCN(C)c1ccc(/C=C2/C/C(=C/c3ccc(N(C)CCOCCOCCOCCOCCOC)cc3)C2=O)cc1. The van der Waals surface area contributed by atoms with Crippen molar-refractivity contribution in [3.63, 3.8) is 0 Å². The minimum atomic E-state index is 0.108. The minimum absolute atomic E-state index is 0.108. The summed E-state index contributed by atoms with van der Waals surface area (Å²) in [6, 6.07) is 16.5. The number of ether oxygens (including phenoxy) is 10. The van der Waals surface area contributed by atoms with E-state index in [1.165, 1.54) is 0 Å². The number of rotatable bonds is 34. The minimum Gasteiger partial charge on any atom is -0.382 e. The first-order chi connectivity index (χ1) is 27.0. The van der Waals surface area contributed by atoms with Gasteiger partial charge in [0.15, 0.2) is 5.78 Å². The number of Topliss-reactive ketones (excluding diaryl/α,β-unsaturated/α-hetero) is 1. The van der Waals surface area contributed by atoms with E-state index >= 15 is 0 Å². The maximum absolute atomic E-state index is 12.9. The van der Waals surface area contributed by atoms with Crippen LogP contribution in [-0.2, 0) is 52.2 Å². The highest BCUT2D eigenvalue weighted by Gasteiger charge is 2.27. The van der Waals surface area contributed by atoms with Gasteiger partial charge in [0.25, 0.3) is 0 Å². The Bertz CT molecular complexity index is 1240. The molecule has 3 rings (SSSR count). The molecule has 308 valence electrons. The van der Waals surface area contributed by atoms with Gasteiger partial charge in [0.1, 0.15) is 0 Å². The number of ketones is 1. The van der Waals surface area contributed by atoms with Crippen LogP contribution in [0.5, 0.6) is 0 Å². The second kappa shape index (κ2) is 30.0. The quantitative estimate of drug-likeness (QED) is 0.0740. The van der Waals surface area contributed by atoms with Crippen LogP contribution in [-0.4, -0.2) is 166 Å². The van der Waals surface area contributed by atoms with E-state index in [9.17, 15) is 4.79 Å². The second-order valence-electron chi connectivity index (χ2n) is 12.8. The fourth-order valence-electron chi connectivity index (χ4n) is 5.22. The number of methoxy groups -OCH3 is 2. The standard InChI is InChI=1S/C42H64N2O11/c1-43(13-15-48-21-23-52-29-31-54-27-25-50-19-17-46-3)40-9-5-36(6-10-40)33-38-35-39(42(38)45)34-37-7-11-41(12-8-37)44(2)14-16-49-22-24-53-30-32-55-28-26-51-20-18-47-4/h5-12,33-34H,13-32,35H2,1-4H3/b38-33-,39-34-. The summed E-state index contributed by atoms with van der Waals surface area (Å²) in [6.07, 6.45) is 4.64. The Labute approximate surface area is 328 Å². The van der Waals surface area contributed by atoms with Crippen LogP contribution in [0.2, 0.25) is 0 Å². The van der Waals surface area contributed by atoms with Crippen LogP contribution >= 0.6 is 0 Å². The van der Waals surface area contributed by atoms with E-state index < -0.39 is 0 Å². The molecule has 1 saturated carbocycles. The first-order valence-electron chi connectivity index (χ1n) is 19.2. The van der Waals surface area contributed by atoms with Gasteiger partial charge in [-0.05, 0) is 47.5 Å². The normalized spacial score (nSPS) is 14.2. The van der Waals surface area contributed by atoms with Crippen LogP contribution < -0.4 is 9.80 Å². The first kappa shape index (κ1) is 46.2. The van der Waals surface area contributed by atoms with Crippen molar-refractivity contribution < 1.29 is 52.2 Å². The highest BCUT2D eigenvalue weighted by Crippen LogP contribution is 2.32. The third-order valence-corrected chi connectivity index (χ3v) is 8.55. The van der Waals surface area contributed by atoms with Crippen LogP contribution in [0.15, 0.2) is 59.7 Å². The van der Waals surface area contributed by atoms with Gasteiger partial charge in [-0.15, -0.1) is 0 Å². The lowest BCUT2D eigenvalue weighted by Crippen LogP contribution is -2.23. The third-order valence-electron chi connectivity index (χ3n) is 8.55. The van der Waals surface area contributed by atoms with Crippen LogP contribution in [0.25, 0.3) is 12.2 Å². The summed E-state index contributed by atoms with van der Waals surface area (Å²) in [6.45, 7) is 11.5. The maximum atomic E-state index is 12.9. The van der Waals surface area contributed by atoms with Crippen molar-refractivity contribution in [2.75, 3.05) is 170 Å². The molecule has 55 heavy (non-hydrogen) atoms. The van der Waals surface area contributed by atoms with Crippen molar-refractivity contribution in [2.24, 2.45) is 0 Å². The summed E-state index contributed by atoms with van der Waals surface area (Å²) in [5.74, 6) is 0.108. The molecule has 13 nitrogen and oxygen atoms in total. The summed E-state index contributed by atoms with van der Waals surface area (Å²) >= 11 is 0. The summed E-state index contributed by atoms with van der Waals surface area (Å²) < 4.78 is 54.0. The van der Waals surface area contributed by atoms with Gasteiger partial charge in [-0.25, -0.2) is 0 Å². The van der Waals surface area contributed by atoms with E-state index in [1.54, 1.807) is 14.2 Å². The Balaban J connectivity index is 1.22. The average molecular weight is 773 g/mol. The zero-order valence-electron chi connectivity index (χ0n) is 33.5. The third kappa shape index (κ3) is 20.5. The Kier molecular flexibility index (Phi) is 25.2. The first-order valence-corrected chi connectivity index (χ1v) is 19.2. The van der Waals surface area contributed by atoms with Crippen LogP contribution in [0.4, 0.5) is 11.4 Å². The zero-order valence-corrected chi connectivity index (χ0v) is 33.5. The molecule has 1 aliphatic rings. The number of benzene rings is 2. The van der Waals surface area contributed by atoms with Gasteiger partial charge >= 0.3 is 0 Å². The number of likely N-dealkylation sites (N-methyl/N-ethyl adjacent to an activating group) is 2. The van der Waals surface area contributed by atoms with Gasteiger partial charge in [-0.3, -0.25) is 4.79 Å². The molecule has 0 spiro atoms. The Morgan fingerprint density at radius 1 is 0.436 bits per heavy atom. The van der Waals surface area contributed by atoms with Crippen LogP contribution in [0.1, 0.15) is 17.5 Å². The largest absolute Gasteiger partial charge is 0.382 e. The number of carbonyl (C=O) groups excluding carboxylic acids is 1. The highest BCUT2D eigenvalue weighted by molar-refractivity contribution is 6.20. The van der Waals surface area contributed by atoms with Crippen molar-refractivity contribution in [2.45, 2.75) is 6.42 Å². The Morgan fingerprint density at radius 3 is 0.982 bits per heavy atom. The summed E-state index contributed by atoms with van der Waals surface area (Å²) in [5, 5.41) is 0. The highest BCUT2D eigenvalue weighted by atomic mass is 16.6. The number of hydrogen-bond donors (Lipinski definition) is 0. The maximum Gasteiger partial charge on any atom is 0.185 e. The predicted molar refractivity (Wildman–Crippen MR) is 215 cm³/mol. The van der Waals surface area contributed by atoms with E-state index in [2.05, 4.69) is 34.1 Å². The van der Waals surface area contributed by atoms with E-state index in [-0.39, 0.29) is 5.78 Å². The molecule has 0 aliphatic heterocycles. The molecule has 2 aromatic carbocycles. The molecule has 0 aromatic heterocycles. The fourth-order valence-corrected chi connectivity index (χ4v) is 5.22. The lowest BCUT2D eigenvalue weighted by atomic mass is 9.82. The van der Waals surface area contributed by atoms with Crippen LogP contribution in [0.3, 0.4) is 0 Å². The molecule has 0 amide bonds. The van der Waals surface area contributed by atoms with Crippen molar-refractivity contribution in [1.82, 2.24) is 0 Å². The summed E-state index contributed by atoms with van der Waals surface area (Å²) in [7, 11) is 7.38. The van der Waals surface area contributed by atoms with Crippen LogP contribution in [0, 0.1) is 0 Å². The molecule has 0 radical (unpaired) electrons. The number of nitrogens with zero attached hydrogens (tertiary/aromatic N) is 2. The van der Waals surface area contributed by atoms with E-state index in [0.29, 0.717) is 125 Å². The van der Waals surface area contributed by atoms with Gasteiger partial charge in [-0.1, -0.05) is 24.3 Å². The van der Waals surface area contributed by atoms with E-state index in [0.717, 1.165) is 46.7 Å². The predicted octanol–water partition coefficient (Wildman–Crippen LogP) is 4.42. The van der Waals surface area contributed by atoms with Crippen molar-refractivity contribution in [3.8, 4) is 0 Å². The summed E-state index contributed by atoms with van der Waals surface area (Å²) in [4.78, 5) is 17.2. The smallest absolute Gasteiger partial charge is 0.185 e. The molecule has 0 heterocycles. The Morgan fingerprint density at radius 2 is 0.709 bits per heavy atom.